The van der Waals surface area contributed by atoms with Crippen molar-refractivity contribution in [3.63, 3.8) is 0 Å². The Balaban J connectivity index is 2.04. The normalized spacial score (nSPS) is 20.2. The molecule has 0 radical (unpaired) electrons. The largest absolute Gasteiger partial charge is 0.480 e. The highest BCUT2D eigenvalue weighted by molar-refractivity contribution is 5.87. The Hall–Kier alpha value is -2.45. The first-order chi connectivity index (χ1) is 14.4. The van der Waals surface area contributed by atoms with E-state index in [1.807, 2.05) is 30.3 Å². The summed E-state index contributed by atoms with van der Waals surface area (Å²) in [6.45, 7) is 2.61. The van der Waals surface area contributed by atoms with Crippen LogP contribution in [0.3, 0.4) is 0 Å². The minimum absolute atomic E-state index is 0.170. The fourth-order valence-corrected chi connectivity index (χ4v) is 3.67. The zero-order chi connectivity index (χ0) is 21.9. The first-order valence-corrected chi connectivity index (χ1v) is 10.5. The SMILES string of the molecule is CC(N[C@@H](CCc1ccccc1)C(=O)O)C(=O)N1CCOCCCCC[C@H]1C(=O)O. The molecule has 30 heavy (non-hydrogen) atoms. The molecule has 1 aliphatic heterocycles. The van der Waals surface area contributed by atoms with Gasteiger partial charge in [0.25, 0.3) is 0 Å². The lowest BCUT2D eigenvalue weighted by molar-refractivity contribution is -0.152. The van der Waals surface area contributed by atoms with Crippen molar-refractivity contribution in [3.8, 4) is 0 Å². The molecule has 0 aliphatic carbocycles. The summed E-state index contributed by atoms with van der Waals surface area (Å²) in [4.78, 5) is 37.9. The third-order valence-corrected chi connectivity index (χ3v) is 5.37. The maximum absolute atomic E-state index is 13.1. The molecular formula is C22H32N2O6. The summed E-state index contributed by atoms with van der Waals surface area (Å²) in [6, 6.07) is 6.87. The van der Waals surface area contributed by atoms with Gasteiger partial charge in [-0.2, -0.15) is 0 Å². The molecule has 1 aromatic rings. The number of hydrogen-bond donors (Lipinski definition) is 3. The van der Waals surface area contributed by atoms with E-state index in [0.29, 0.717) is 32.3 Å². The molecule has 1 heterocycles. The van der Waals surface area contributed by atoms with Gasteiger partial charge in [0.2, 0.25) is 5.91 Å². The number of amides is 1. The topological polar surface area (TPSA) is 116 Å². The third-order valence-electron chi connectivity index (χ3n) is 5.37. The fraction of sp³-hybridized carbons (Fsp3) is 0.591. The number of carboxylic acids is 2. The van der Waals surface area contributed by atoms with Crippen molar-refractivity contribution < 1.29 is 29.3 Å². The van der Waals surface area contributed by atoms with E-state index < -0.39 is 36.0 Å². The molecule has 166 valence electrons. The number of nitrogens with one attached hydrogen (secondary N) is 1. The number of ether oxygens (including phenoxy) is 1. The van der Waals surface area contributed by atoms with Crippen LogP contribution in [0.1, 0.15) is 44.6 Å². The third kappa shape index (κ3) is 7.42. The van der Waals surface area contributed by atoms with E-state index >= 15 is 0 Å². The van der Waals surface area contributed by atoms with Gasteiger partial charge in [-0.15, -0.1) is 0 Å². The van der Waals surface area contributed by atoms with E-state index in [1.165, 1.54) is 4.90 Å². The lowest BCUT2D eigenvalue weighted by Gasteiger charge is -2.33. The summed E-state index contributed by atoms with van der Waals surface area (Å²) in [6.07, 6.45) is 3.68. The minimum atomic E-state index is -1.05. The van der Waals surface area contributed by atoms with Crippen molar-refractivity contribution in [1.29, 1.82) is 0 Å². The van der Waals surface area contributed by atoms with Crippen LogP contribution in [-0.4, -0.2) is 70.8 Å². The van der Waals surface area contributed by atoms with Crippen LogP contribution in [0.25, 0.3) is 0 Å². The Morgan fingerprint density at radius 3 is 2.53 bits per heavy atom. The molecule has 8 heteroatoms. The van der Waals surface area contributed by atoms with Gasteiger partial charge in [-0.1, -0.05) is 43.2 Å². The summed E-state index contributed by atoms with van der Waals surface area (Å²) in [5.74, 6) is -2.50. The van der Waals surface area contributed by atoms with Crippen LogP contribution in [0.5, 0.6) is 0 Å². The highest BCUT2D eigenvalue weighted by Gasteiger charge is 2.33. The van der Waals surface area contributed by atoms with Crippen molar-refractivity contribution in [3.05, 3.63) is 35.9 Å². The predicted octanol–water partition coefficient (Wildman–Crippen LogP) is 1.92. The predicted molar refractivity (Wildman–Crippen MR) is 111 cm³/mol. The van der Waals surface area contributed by atoms with Gasteiger partial charge in [0.05, 0.1) is 12.6 Å². The summed E-state index contributed by atoms with van der Waals surface area (Å²) < 4.78 is 5.50. The maximum atomic E-state index is 13.1. The molecule has 1 fully saturated rings. The van der Waals surface area contributed by atoms with Crippen LogP contribution in [0.15, 0.2) is 30.3 Å². The van der Waals surface area contributed by atoms with Crippen LogP contribution in [-0.2, 0) is 25.5 Å². The smallest absolute Gasteiger partial charge is 0.326 e. The number of aryl methyl sites for hydroxylation is 1. The molecule has 8 nitrogen and oxygen atoms in total. The van der Waals surface area contributed by atoms with Crippen molar-refractivity contribution in [2.75, 3.05) is 19.8 Å². The Kier molecular flexibility index (Phi) is 9.76. The summed E-state index contributed by atoms with van der Waals surface area (Å²) in [5.41, 5.74) is 1.02. The zero-order valence-corrected chi connectivity index (χ0v) is 17.5. The van der Waals surface area contributed by atoms with E-state index in [2.05, 4.69) is 5.32 Å². The number of carbonyl (C=O) groups excluding carboxylic acids is 1. The van der Waals surface area contributed by atoms with E-state index in [4.69, 9.17) is 4.74 Å². The van der Waals surface area contributed by atoms with Crippen LogP contribution < -0.4 is 5.32 Å². The number of benzene rings is 1. The second kappa shape index (κ2) is 12.3. The standard InChI is InChI=1S/C22H32N2O6/c1-16(23-18(21(26)27)12-11-17-8-4-2-5-9-17)20(25)24-13-15-30-14-7-3-6-10-19(24)22(28)29/h2,4-5,8-9,16,18-19,23H,3,6-7,10-15H2,1H3,(H,26,27)(H,28,29)/t16?,18-,19-/m0/s1. The van der Waals surface area contributed by atoms with Crippen LogP contribution >= 0.6 is 0 Å². The van der Waals surface area contributed by atoms with E-state index in [-0.39, 0.29) is 13.2 Å². The van der Waals surface area contributed by atoms with Crippen LogP contribution in [0, 0.1) is 0 Å². The Labute approximate surface area is 177 Å². The van der Waals surface area contributed by atoms with Gasteiger partial charge in [0.15, 0.2) is 0 Å². The molecule has 0 saturated carbocycles. The van der Waals surface area contributed by atoms with Gasteiger partial charge < -0.3 is 19.8 Å². The molecule has 1 aromatic carbocycles. The monoisotopic (exact) mass is 420 g/mol. The van der Waals surface area contributed by atoms with Gasteiger partial charge in [-0.3, -0.25) is 14.9 Å². The van der Waals surface area contributed by atoms with Gasteiger partial charge >= 0.3 is 11.9 Å². The van der Waals surface area contributed by atoms with Crippen molar-refractivity contribution >= 4 is 17.8 Å². The fourth-order valence-electron chi connectivity index (χ4n) is 3.67. The molecule has 0 spiro atoms. The molecule has 0 bridgehead atoms. The van der Waals surface area contributed by atoms with Crippen LogP contribution in [0.2, 0.25) is 0 Å². The van der Waals surface area contributed by atoms with Gasteiger partial charge in [0.1, 0.15) is 12.1 Å². The van der Waals surface area contributed by atoms with E-state index in [0.717, 1.165) is 18.4 Å². The number of hydrogen-bond acceptors (Lipinski definition) is 5. The number of rotatable bonds is 8. The number of carboxylic acid groups (broad SMARTS) is 2. The molecular weight excluding hydrogens is 388 g/mol. The maximum Gasteiger partial charge on any atom is 0.326 e. The van der Waals surface area contributed by atoms with Crippen molar-refractivity contribution in [2.45, 2.75) is 63.6 Å². The highest BCUT2D eigenvalue weighted by atomic mass is 16.5. The number of carbonyl (C=O) groups is 3. The summed E-state index contributed by atoms with van der Waals surface area (Å²) in [7, 11) is 0. The molecule has 3 N–H and O–H groups in total. The Bertz CT molecular complexity index is 696. The quantitative estimate of drug-likeness (QED) is 0.588. The minimum Gasteiger partial charge on any atom is -0.480 e. The zero-order valence-electron chi connectivity index (χ0n) is 17.5. The molecule has 3 atom stereocenters. The second-order valence-electron chi connectivity index (χ2n) is 7.65. The van der Waals surface area contributed by atoms with Crippen molar-refractivity contribution in [1.82, 2.24) is 10.2 Å². The lowest BCUT2D eigenvalue weighted by Crippen LogP contribution is -2.55. The number of aliphatic carboxylic acids is 2. The second-order valence-corrected chi connectivity index (χ2v) is 7.65. The first-order valence-electron chi connectivity index (χ1n) is 10.5. The Morgan fingerprint density at radius 2 is 1.87 bits per heavy atom. The van der Waals surface area contributed by atoms with Gasteiger partial charge in [-0.05, 0) is 38.2 Å². The van der Waals surface area contributed by atoms with Crippen LogP contribution in [0.4, 0.5) is 0 Å². The molecule has 0 aromatic heterocycles. The molecule has 2 rings (SSSR count). The molecule has 1 unspecified atom stereocenters. The molecule has 1 aliphatic rings. The number of nitrogens with zero attached hydrogens (tertiary/aromatic N) is 1. The average Bonchev–Trinajstić information content (AvgIpc) is 2.74. The summed E-state index contributed by atoms with van der Waals surface area (Å²) in [5, 5.41) is 22.1. The molecule has 1 amide bonds. The van der Waals surface area contributed by atoms with E-state index in [9.17, 15) is 24.6 Å². The lowest BCUT2D eigenvalue weighted by atomic mass is 10.0. The molecule has 1 saturated heterocycles. The van der Waals surface area contributed by atoms with Gasteiger partial charge in [0, 0.05) is 13.2 Å². The summed E-state index contributed by atoms with van der Waals surface area (Å²) >= 11 is 0. The Morgan fingerprint density at radius 1 is 1.13 bits per heavy atom. The average molecular weight is 421 g/mol. The first kappa shape index (κ1) is 23.8. The van der Waals surface area contributed by atoms with Gasteiger partial charge in [-0.25, -0.2) is 4.79 Å². The van der Waals surface area contributed by atoms with Crippen molar-refractivity contribution in [2.24, 2.45) is 0 Å². The highest BCUT2D eigenvalue weighted by Crippen LogP contribution is 2.15. The van der Waals surface area contributed by atoms with E-state index in [1.54, 1.807) is 6.92 Å².